The molecule has 1 aromatic rings. The predicted octanol–water partition coefficient (Wildman–Crippen LogP) is 0.510. The molecule has 1 amide bonds. The summed E-state index contributed by atoms with van der Waals surface area (Å²) in [5, 5.41) is 9.92. The minimum atomic E-state index is -5.21. The van der Waals surface area contributed by atoms with Crippen molar-refractivity contribution in [1.82, 2.24) is 10.3 Å². The van der Waals surface area contributed by atoms with Gasteiger partial charge in [0.25, 0.3) is 5.91 Å². The molecule has 1 unspecified atom stereocenters. The van der Waals surface area contributed by atoms with Crippen LogP contribution in [0.5, 0.6) is 0 Å². The fraction of sp³-hybridized carbons (Fsp3) is 0.300. The molecule has 0 aliphatic carbocycles. The second kappa shape index (κ2) is 4.75. The number of carbonyl (C=O) groups excluding carboxylic acids is 1. The average molecular weight is 278 g/mol. The van der Waals surface area contributed by atoms with Crippen molar-refractivity contribution in [3.05, 3.63) is 34.2 Å². The van der Waals surface area contributed by atoms with E-state index in [-0.39, 0.29) is 0 Å². The number of nitrogens with one attached hydrogen (secondary N) is 2. The Labute approximate surface area is 104 Å². The lowest BCUT2D eigenvalue weighted by Crippen LogP contribution is -2.62. The Kier molecular flexibility index (Phi) is 3.68. The first kappa shape index (κ1) is 14.7. The number of aromatic nitrogens is 1. The normalized spacial score (nSPS) is 14.5. The van der Waals surface area contributed by atoms with Crippen molar-refractivity contribution in [2.24, 2.45) is 0 Å². The Morgan fingerprint density at radius 2 is 1.95 bits per heavy atom. The number of pyridine rings is 1. The molecule has 104 valence electrons. The summed E-state index contributed by atoms with van der Waals surface area (Å²) in [5.74, 6) is -3.70. The molecule has 0 aliphatic heterocycles. The molecule has 0 fully saturated rings. The third-order valence-corrected chi connectivity index (χ3v) is 2.43. The molecular formula is C10H9F3N2O4. The Balaban J connectivity index is 3.13. The topological polar surface area (TPSA) is 99.3 Å². The number of amides is 1. The van der Waals surface area contributed by atoms with Gasteiger partial charge in [0.2, 0.25) is 5.54 Å². The number of carboxylic acids is 1. The largest absolute Gasteiger partial charge is 0.479 e. The summed E-state index contributed by atoms with van der Waals surface area (Å²) in [5.41, 5.74) is -4.92. The third-order valence-electron chi connectivity index (χ3n) is 2.43. The first-order valence-corrected chi connectivity index (χ1v) is 4.89. The number of H-pyrrole nitrogens is 1. The molecule has 1 atom stereocenters. The fourth-order valence-corrected chi connectivity index (χ4v) is 1.13. The summed E-state index contributed by atoms with van der Waals surface area (Å²) in [7, 11) is 0. The quantitative estimate of drug-likeness (QED) is 0.750. The van der Waals surface area contributed by atoms with Crippen LogP contribution in [-0.4, -0.2) is 33.7 Å². The molecule has 0 bridgehead atoms. The van der Waals surface area contributed by atoms with Crippen molar-refractivity contribution in [1.29, 1.82) is 0 Å². The van der Waals surface area contributed by atoms with E-state index in [0.29, 0.717) is 6.92 Å². The van der Waals surface area contributed by atoms with Gasteiger partial charge in [0.1, 0.15) is 5.56 Å². The van der Waals surface area contributed by atoms with Gasteiger partial charge in [-0.25, -0.2) is 4.79 Å². The summed E-state index contributed by atoms with van der Waals surface area (Å²) in [6.07, 6.45) is -3.15. The molecule has 19 heavy (non-hydrogen) atoms. The Bertz CT molecular complexity index is 566. The van der Waals surface area contributed by atoms with Crippen LogP contribution in [0.2, 0.25) is 0 Å². The van der Waals surface area contributed by atoms with E-state index in [1.54, 1.807) is 0 Å². The number of carbonyl (C=O) groups is 2. The number of hydrogen-bond acceptors (Lipinski definition) is 3. The summed E-state index contributed by atoms with van der Waals surface area (Å²) >= 11 is 0. The van der Waals surface area contributed by atoms with Gasteiger partial charge in [-0.15, -0.1) is 0 Å². The molecule has 9 heteroatoms. The van der Waals surface area contributed by atoms with Gasteiger partial charge in [0.05, 0.1) is 0 Å². The van der Waals surface area contributed by atoms with Crippen LogP contribution in [0.15, 0.2) is 23.3 Å². The van der Waals surface area contributed by atoms with Crippen molar-refractivity contribution < 1.29 is 27.9 Å². The van der Waals surface area contributed by atoms with E-state index in [1.165, 1.54) is 11.5 Å². The van der Waals surface area contributed by atoms with Gasteiger partial charge in [0, 0.05) is 18.5 Å². The van der Waals surface area contributed by atoms with Crippen LogP contribution >= 0.6 is 0 Å². The van der Waals surface area contributed by atoms with Gasteiger partial charge >= 0.3 is 12.1 Å². The van der Waals surface area contributed by atoms with Crippen molar-refractivity contribution in [3.63, 3.8) is 0 Å². The number of alkyl halides is 3. The van der Waals surface area contributed by atoms with E-state index in [4.69, 9.17) is 5.11 Å². The Morgan fingerprint density at radius 1 is 1.37 bits per heavy atom. The van der Waals surface area contributed by atoms with E-state index >= 15 is 0 Å². The molecule has 6 nitrogen and oxygen atoms in total. The first-order valence-electron chi connectivity index (χ1n) is 4.89. The highest BCUT2D eigenvalue weighted by Crippen LogP contribution is 2.30. The average Bonchev–Trinajstić information content (AvgIpc) is 2.27. The molecule has 0 aromatic carbocycles. The zero-order valence-electron chi connectivity index (χ0n) is 9.54. The predicted molar refractivity (Wildman–Crippen MR) is 56.6 cm³/mol. The maximum Gasteiger partial charge on any atom is 0.422 e. The fourth-order valence-electron chi connectivity index (χ4n) is 1.13. The summed E-state index contributed by atoms with van der Waals surface area (Å²) < 4.78 is 38.0. The molecule has 0 spiro atoms. The number of carboxylic acid groups (broad SMARTS) is 1. The first-order chi connectivity index (χ1) is 8.59. The second-order valence-electron chi connectivity index (χ2n) is 3.80. The Morgan fingerprint density at radius 3 is 2.37 bits per heavy atom. The molecule has 0 aliphatic rings. The smallest absolute Gasteiger partial charge is 0.422 e. The van der Waals surface area contributed by atoms with Gasteiger partial charge < -0.3 is 15.4 Å². The summed E-state index contributed by atoms with van der Waals surface area (Å²) in [4.78, 5) is 35.8. The molecule has 3 N–H and O–H groups in total. The van der Waals surface area contributed by atoms with Crippen LogP contribution in [-0.2, 0) is 4.79 Å². The Hall–Kier alpha value is -2.32. The van der Waals surface area contributed by atoms with E-state index in [1.807, 2.05) is 0 Å². The lowest BCUT2D eigenvalue weighted by atomic mass is 10.0. The number of rotatable bonds is 3. The minimum Gasteiger partial charge on any atom is -0.479 e. The molecule has 0 saturated heterocycles. The van der Waals surface area contributed by atoms with Gasteiger partial charge in [-0.3, -0.25) is 9.59 Å². The van der Waals surface area contributed by atoms with Gasteiger partial charge in [-0.05, 0) is 6.92 Å². The molecule has 1 heterocycles. The van der Waals surface area contributed by atoms with Gasteiger partial charge in [-0.2, -0.15) is 13.2 Å². The minimum absolute atomic E-state index is 0.296. The van der Waals surface area contributed by atoms with Gasteiger partial charge in [-0.1, -0.05) is 0 Å². The zero-order chi connectivity index (χ0) is 14.8. The number of hydrogen-bond donors (Lipinski definition) is 3. The van der Waals surface area contributed by atoms with Crippen molar-refractivity contribution in [2.75, 3.05) is 0 Å². The van der Waals surface area contributed by atoms with Crippen LogP contribution in [0.25, 0.3) is 0 Å². The zero-order valence-corrected chi connectivity index (χ0v) is 9.54. The van der Waals surface area contributed by atoms with Crippen molar-refractivity contribution in [3.8, 4) is 0 Å². The summed E-state index contributed by atoms with van der Waals surface area (Å²) in [6.45, 7) is 0.296. The van der Waals surface area contributed by atoms with Crippen LogP contribution < -0.4 is 10.7 Å². The SMILES string of the molecule is CC(NC(=O)c1c[nH]ccc1=O)(C(=O)O)C(F)(F)F. The van der Waals surface area contributed by atoms with Crippen molar-refractivity contribution in [2.45, 2.75) is 18.6 Å². The van der Waals surface area contributed by atoms with E-state index in [9.17, 15) is 27.6 Å². The monoisotopic (exact) mass is 278 g/mol. The van der Waals surface area contributed by atoms with E-state index in [0.717, 1.165) is 12.3 Å². The van der Waals surface area contributed by atoms with E-state index < -0.39 is 34.6 Å². The summed E-state index contributed by atoms with van der Waals surface area (Å²) in [6, 6.07) is 0.931. The van der Waals surface area contributed by atoms with E-state index in [2.05, 4.69) is 4.98 Å². The highest BCUT2D eigenvalue weighted by atomic mass is 19.4. The standard InChI is InChI=1S/C10H9F3N2O4/c1-9(8(18)19,10(11,12)13)15-7(17)5-4-14-3-2-6(5)16/h2-4H,1H3,(H,14,16)(H,15,17)(H,18,19). The molecular weight excluding hydrogens is 269 g/mol. The number of halogens is 3. The molecule has 0 radical (unpaired) electrons. The van der Waals surface area contributed by atoms with Crippen LogP contribution in [0, 0.1) is 0 Å². The lowest BCUT2D eigenvalue weighted by Gasteiger charge is -2.28. The number of aliphatic carboxylic acids is 1. The maximum absolute atomic E-state index is 12.7. The van der Waals surface area contributed by atoms with Crippen molar-refractivity contribution >= 4 is 11.9 Å². The molecule has 1 rings (SSSR count). The third kappa shape index (κ3) is 2.75. The molecule has 0 saturated carbocycles. The highest BCUT2D eigenvalue weighted by molar-refractivity contribution is 5.97. The second-order valence-corrected chi connectivity index (χ2v) is 3.80. The van der Waals surface area contributed by atoms with Crippen LogP contribution in [0.4, 0.5) is 13.2 Å². The van der Waals surface area contributed by atoms with Crippen LogP contribution in [0.3, 0.4) is 0 Å². The maximum atomic E-state index is 12.7. The lowest BCUT2D eigenvalue weighted by molar-refractivity contribution is -0.203. The highest BCUT2D eigenvalue weighted by Gasteiger charge is 2.58. The van der Waals surface area contributed by atoms with Gasteiger partial charge in [0.15, 0.2) is 5.43 Å². The molecule has 1 aromatic heterocycles. The number of aromatic amines is 1. The van der Waals surface area contributed by atoms with Crippen LogP contribution in [0.1, 0.15) is 17.3 Å².